The Balaban J connectivity index is 2.01. The van der Waals surface area contributed by atoms with Crippen LogP contribution in [0.2, 0.25) is 0 Å². The van der Waals surface area contributed by atoms with Crippen LogP contribution in [0.15, 0.2) is 30.5 Å². The molecular weight excluding hydrogens is 351 g/mol. The molecule has 1 aromatic heterocycles. The lowest BCUT2D eigenvalue weighted by Gasteiger charge is -2.19. The monoisotopic (exact) mass is 370 g/mol. The van der Waals surface area contributed by atoms with Crippen molar-refractivity contribution in [1.82, 2.24) is 15.6 Å². The number of hydrogen-bond donors (Lipinski definition) is 3. The van der Waals surface area contributed by atoms with Gasteiger partial charge in [-0.1, -0.05) is 6.07 Å². The van der Waals surface area contributed by atoms with Gasteiger partial charge in [-0.2, -0.15) is 5.26 Å². The molecule has 2 aromatic rings. The second kappa shape index (κ2) is 7.83. The zero-order chi connectivity index (χ0) is 20.2. The fraction of sp³-hybridized carbons (Fsp3) is 0.263. The minimum atomic E-state index is -0.760. The summed E-state index contributed by atoms with van der Waals surface area (Å²) in [6.45, 7) is 5.32. The van der Waals surface area contributed by atoms with E-state index in [0.29, 0.717) is 5.56 Å². The SMILES string of the molecule is CC(C)(C)NC(=O)C(=O)c1c[nH]c(C(=O)NCc2ccc(F)c(C#N)c2)c1. The van der Waals surface area contributed by atoms with Crippen LogP contribution in [0.4, 0.5) is 4.39 Å². The van der Waals surface area contributed by atoms with Crippen LogP contribution in [0.25, 0.3) is 0 Å². The van der Waals surface area contributed by atoms with E-state index in [1.165, 1.54) is 24.4 Å². The maximum Gasteiger partial charge on any atom is 0.292 e. The summed E-state index contributed by atoms with van der Waals surface area (Å²) >= 11 is 0. The Kier molecular flexibility index (Phi) is 5.75. The van der Waals surface area contributed by atoms with Crippen molar-refractivity contribution in [2.75, 3.05) is 0 Å². The summed E-state index contributed by atoms with van der Waals surface area (Å²) in [4.78, 5) is 38.8. The molecule has 0 fully saturated rings. The van der Waals surface area contributed by atoms with Gasteiger partial charge < -0.3 is 15.6 Å². The number of aromatic nitrogens is 1. The number of aromatic amines is 1. The number of Topliss-reactive ketones (excluding diaryl/α,β-unsaturated/α-hetero) is 1. The molecule has 0 radical (unpaired) electrons. The average molecular weight is 370 g/mol. The number of benzene rings is 1. The number of amides is 2. The number of H-pyrrole nitrogens is 1. The number of rotatable bonds is 5. The quantitative estimate of drug-likeness (QED) is 0.552. The first-order valence-corrected chi connectivity index (χ1v) is 8.12. The van der Waals surface area contributed by atoms with Crippen molar-refractivity contribution >= 4 is 17.6 Å². The van der Waals surface area contributed by atoms with Gasteiger partial charge in [0.1, 0.15) is 17.6 Å². The minimum absolute atomic E-state index is 0.0652. The van der Waals surface area contributed by atoms with Crippen LogP contribution in [0.3, 0.4) is 0 Å². The van der Waals surface area contributed by atoms with Gasteiger partial charge in [0.15, 0.2) is 0 Å². The fourth-order valence-electron chi connectivity index (χ4n) is 2.23. The molecule has 0 saturated carbocycles. The molecule has 1 heterocycles. The molecule has 0 atom stereocenters. The van der Waals surface area contributed by atoms with E-state index in [9.17, 15) is 18.8 Å². The summed E-state index contributed by atoms with van der Waals surface area (Å²) in [5.74, 6) is -2.65. The Bertz CT molecular complexity index is 935. The molecule has 27 heavy (non-hydrogen) atoms. The maximum atomic E-state index is 13.3. The molecule has 0 aliphatic rings. The Labute approximate surface area is 155 Å². The molecule has 2 rings (SSSR count). The normalized spacial score (nSPS) is 10.8. The number of halogens is 1. The van der Waals surface area contributed by atoms with E-state index in [-0.39, 0.29) is 23.4 Å². The van der Waals surface area contributed by atoms with E-state index in [0.717, 1.165) is 6.07 Å². The van der Waals surface area contributed by atoms with Crippen molar-refractivity contribution in [3.8, 4) is 6.07 Å². The lowest BCUT2D eigenvalue weighted by molar-refractivity contribution is -0.118. The predicted molar refractivity (Wildman–Crippen MR) is 95.3 cm³/mol. The lowest BCUT2D eigenvalue weighted by Crippen LogP contribution is -2.44. The summed E-state index contributed by atoms with van der Waals surface area (Å²) in [6.07, 6.45) is 1.28. The van der Waals surface area contributed by atoms with E-state index < -0.39 is 29.0 Å². The zero-order valence-corrected chi connectivity index (χ0v) is 15.1. The van der Waals surface area contributed by atoms with Gasteiger partial charge >= 0.3 is 0 Å². The molecule has 140 valence electrons. The van der Waals surface area contributed by atoms with Crippen LogP contribution >= 0.6 is 0 Å². The first kappa shape index (κ1) is 19.8. The molecule has 1 aromatic carbocycles. The summed E-state index contributed by atoms with van der Waals surface area (Å²) < 4.78 is 13.3. The highest BCUT2D eigenvalue weighted by atomic mass is 19.1. The fourth-order valence-corrected chi connectivity index (χ4v) is 2.23. The van der Waals surface area contributed by atoms with E-state index in [2.05, 4.69) is 15.6 Å². The number of hydrogen-bond acceptors (Lipinski definition) is 4. The van der Waals surface area contributed by atoms with Crippen molar-refractivity contribution in [3.05, 3.63) is 58.7 Å². The van der Waals surface area contributed by atoms with Gasteiger partial charge in [0.05, 0.1) is 5.56 Å². The summed E-state index contributed by atoms with van der Waals surface area (Å²) in [6, 6.07) is 6.96. The van der Waals surface area contributed by atoms with Gasteiger partial charge in [-0.15, -0.1) is 0 Å². The Hall–Kier alpha value is -3.47. The molecule has 0 bridgehead atoms. The molecule has 0 spiro atoms. The van der Waals surface area contributed by atoms with Crippen LogP contribution in [-0.2, 0) is 11.3 Å². The minimum Gasteiger partial charge on any atom is -0.356 e. The number of ketones is 1. The zero-order valence-electron chi connectivity index (χ0n) is 15.1. The Morgan fingerprint density at radius 3 is 2.56 bits per heavy atom. The molecular formula is C19H19FN4O3. The van der Waals surface area contributed by atoms with Crippen LogP contribution in [-0.4, -0.2) is 28.1 Å². The van der Waals surface area contributed by atoms with Gasteiger partial charge in [-0.25, -0.2) is 4.39 Å². The predicted octanol–water partition coefficient (Wildman–Crippen LogP) is 2.05. The Morgan fingerprint density at radius 2 is 1.93 bits per heavy atom. The van der Waals surface area contributed by atoms with Gasteiger partial charge in [0.25, 0.3) is 17.6 Å². The highest BCUT2D eigenvalue weighted by Crippen LogP contribution is 2.10. The van der Waals surface area contributed by atoms with Gasteiger partial charge in [0.2, 0.25) is 0 Å². The first-order chi connectivity index (χ1) is 12.6. The van der Waals surface area contributed by atoms with E-state index in [4.69, 9.17) is 5.26 Å². The molecule has 0 unspecified atom stereocenters. The number of carbonyl (C=O) groups is 3. The summed E-state index contributed by atoms with van der Waals surface area (Å²) in [5, 5.41) is 14.0. The average Bonchev–Trinajstić information content (AvgIpc) is 3.08. The highest BCUT2D eigenvalue weighted by Gasteiger charge is 2.23. The number of nitrogens with zero attached hydrogens (tertiary/aromatic N) is 1. The molecule has 2 amide bonds. The third kappa shape index (κ3) is 5.25. The smallest absolute Gasteiger partial charge is 0.292 e. The van der Waals surface area contributed by atoms with E-state index in [1.54, 1.807) is 26.8 Å². The standard InChI is InChI=1S/C19H19FN4O3/c1-19(2,3)24-18(27)16(25)13-7-15(22-10-13)17(26)23-9-11-4-5-14(20)12(6-11)8-21/h4-7,10,22H,9H2,1-3H3,(H,23,26)(H,24,27). The second-order valence-corrected chi connectivity index (χ2v) is 6.94. The first-order valence-electron chi connectivity index (χ1n) is 8.12. The van der Waals surface area contributed by atoms with Gasteiger partial charge in [-0.3, -0.25) is 14.4 Å². The third-order valence-corrected chi connectivity index (χ3v) is 3.49. The summed E-state index contributed by atoms with van der Waals surface area (Å²) in [7, 11) is 0. The van der Waals surface area contributed by atoms with Crippen molar-refractivity contribution in [2.24, 2.45) is 0 Å². The van der Waals surface area contributed by atoms with Crippen LogP contribution in [0, 0.1) is 17.1 Å². The van der Waals surface area contributed by atoms with Gasteiger partial charge in [-0.05, 0) is 44.5 Å². The molecule has 8 heteroatoms. The van der Waals surface area contributed by atoms with Crippen molar-refractivity contribution < 1.29 is 18.8 Å². The van der Waals surface area contributed by atoms with E-state index in [1.807, 2.05) is 0 Å². The van der Waals surface area contributed by atoms with E-state index >= 15 is 0 Å². The number of nitriles is 1. The van der Waals surface area contributed by atoms with Crippen molar-refractivity contribution in [2.45, 2.75) is 32.9 Å². The maximum absolute atomic E-state index is 13.3. The van der Waals surface area contributed by atoms with Crippen LogP contribution in [0.5, 0.6) is 0 Å². The van der Waals surface area contributed by atoms with Crippen molar-refractivity contribution in [3.63, 3.8) is 0 Å². The highest BCUT2D eigenvalue weighted by molar-refractivity contribution is 6.43. The molecule has 7 nitrogen and oxygen atoms in total. The number of nitrogens with one attached hydrogen (secondary N) is 3. The molecule has 0 aliphatic carbocycles. The topological polar surface area (TPSA) is 115 Å². The van der Waals surface area contributed by atoms with Gasteiger partial charge in [0, 0.05) is 23.8 Å². The molecule has 0 aliphatic heterocycles. The summed E-state index contributed by atoms with van der Waals surface area (Å²) in [5.41, 5.74) is 0.0498. The number of carbonyl (C=O) groups excluding carboxylic acids is 3. The van der Waals surface area contributed by atoms with Crippen LogP contribution < -0.4 is 10.6 Å². The third-order valence-electron chi connectivity index (χ3n) is 3.49. The molecule has 0 saturated heterocycles. The van der Waals surface area contributed by atoms with Crippen molar-refractivity contribution in [1.29, 1.82) is 5.26 Å². The second-order valence-electron chi connectivity index (χ2n) is 6.94. The molecule has 3 N–H and O–H groups in total. The largest absolute Gasteiger partial charge is 0.356 e. The van der Waals surface area contributed by atoms with Crippen LogP contribution in [0.1, 0.15) is 52.7 Å². The Morgan fingerprint density at radius 1 is 1.22 bits per heavy atom. The lowest BCUT2D eigenvalue weighted by atomic mass is 10.1.